The Kier molecular flexibility index (Phi) is 5.27. The van der Waals surface area contributed by atoms with Crippen molar-refractivity contribution in [3.8, 4) is 0 Å². The van der Waals surface area contributed by atoms with E-state index in [-0.39, 0.29) is 12.5 Å². The Morgan fingerprint density at radius 2 is 2.29 bits per heavy atom. The number of rotatable bonds is 5. The number of halogens is 2. The number of benzene rings is 1. The maximum absolute atomic E-state index is 13.7. The Labute approximate surface area is 131 Å². The van der Waals surface area contributed by atoms with Gasteiger partial charge in [-0.15, -0.1) is 11.3 Å². The van der Waals surface area contributed by atoms with E-state index in [0.717, 1.165) is 5.01 Å². The Morgan fingerprint density at radius 3 is 2.95 bits per heavy atom. The van der Waals surface area contributed by atoms with Crippen molar-refractivity contribution in [2.75, 3.05) is 13.6 Å². The molecule has 0 aliphatic heterocycles. The minimum absolute atomic E-state index is 0.0914. The smallest absolute Gasteiger partial charge is 0.273 e. The maximum atomic E-state index is 13.7. The summed E-state index contributed by atoms with van der Waals surface area (Å²) < 4.78 is 13.7. The van der Waals surface area contributed by atoms with Crippen LogP contribution < -0.4 is 5.73 Å². The summed E-state index contributed by atoms with van der Waals surface area (Å²) in [7, 11) is 1.59. The second-order valence-electron chi connectivity index (χ2n) is 4.53. The Bertz CT molecular complexity index is 627. The molecule has 7 heteroatoms. The zero-order valence-electron chi connectivity index (χ0n) is 11.5. The minimum atomic E-state index is -0.427. The molecule has 1 aromatic carbocycles. The van der Waals surface area contributed by atoms with Crippen LogP contribution in [0.25, 0.3) is 0 Å². The molecule has 0 fully saturated rings. The third-order valence-electron chi connectivity index (χ3n) is 2.93. The van der Waals surface area contributed by atoms with Gasteiger partial charge in [0.05, 0.1) is 11.6 Å². The van der Waals surface area contributed by atoms with E-state index in [0.29, 0.717) is 29.2 Å². The van der Waals surface area contributed by atoms with Crippen LogP contribution in [0.3, 0.4) is 0 Å². The van der Waals surface area contributed by atoms with Crippen LogP contribution in [0.5, 0.6) is 0 Å². The van der Waals surface area contributed by atoms with Gasteiger partial charge in [-0.1, -0.05) is 17.7 Å². The van der Waals surface area contributed by atoms with Crippen molar-refractivity contribution >= 4 is 28.8 Å². The number of carbonyl (C=O) groups excluding carboxylic acids is 1. The fraction of sp³-hybridized carbons (Fsp3) is 0.286. The minimum Gasteiger partial charge on any atom is -0.336 e. The van der Waals surface area contributed by atoms with Crippen molar-refractivity contribution < 1.29 is 9.18 Å². The molecule has 2 aromatic rings. The van der Waals surface area contributed by atoms with Gasteiger partial charge in [-0.05, 0) is 18.7 Å². The van der Waals surface area contributed by atoms with E-state index in [1.54, 1.807) is 18.5 Å². The fourth-order valence-electron chi connectivity index (χ4n) is 1.84. The first-order valence-corrected chi connectivity index (χ1v) is 7.61. The highest BCUT2D eigenvalue weighted by atomic mass is 35.5. The lowest BCUT2D eigenvalue weighted by molar-refractivity contribution is 0.0778. The van der Waals surface area contributed by atoms with Crippen molar-refractivity contribution in [3.05, 3.63) is 50.7 Å². The zero-order chi connectivity index (χ0) is 15.4. The summed E-state index contributed by atoms with van der Waals surface area (Å²) in [5, 5.41) is 2.81. The lowest BCUT2D eigenvalue weighted by Gasteiger charge is -2.17. The van der Waals surface area contributed by atoms with Crippen molar-refractivity contribution in [1.29, 1.82) is 0 Å². The molecule has 1 amide bonds. The first-order valence-electron chi connectivity index (χ1n) is 6.35. The maximum Gasteiger partial charge on any atom is 0.273 e. The van der Waals surface area contributed by atoms with Crippen LogP contribution in [0.4, 0.5) is 4.39 Å². The SMILES string of the molecule is CN(Cc1c(F)cccc1Cl)C(=O)c1csc(CCN)n1. The van der Waals surface area contributed by atoms with Crippen LogP contribution in [-0.4, -0.2) is 29.4 Å². The molecule has 1 aromatic heterocycles. The summed E-state index contributed by atoms with van der Waals surface area (Å²) in [5.41, 5.74) is 6.10. The second-order valence-corrected chi connectivity index (χ2v) is 5.88. The van der Waals surface area contributed by atoms with E-state index in [1.165, 1.54) is 28.4 Å². The highest BCUT2D eigenvalue weighted by Crippen LogP contribution is 2.21. The molecule has 0 saturated heterocycles. The van der Waals surface area contributed by atoms with Gasteiger partial charge in [-0.2, -0.15) is 0 Å². The third-order valence-corrected chi connectivity index (χ3v) is 4.20. The standard InChI is InChI=1S/C14H15ClFN3OS/c1-19(7-9-10(15)3-2-4-11(9)16)14(20)12-8-21-13(18-12)5-6-17/h2-4,8H,5-7,17H2,1H3. The normalized spacial score (nSPS) is 10.7. The predicted molar refractivity (Wildman–Crippen MR) is 82.1 cm³/mol. The molecular formula is C14H15ClFN3OS. The zero-order valence-corrected chi connectivity index (χ0v) is 13.0. The molecule has 1 heterocycles. The summed E-state index contributed by atoms with van der Waals surface area (Å²) in [6.07, 6.45) is 0.640. The van der Waals surface area contributed by atoms with Crippen LogP contribution in [0.15, 0.2) is 23.6 Å². The van der Waals surface area contributed by atoms with E-state index in [9.17, 15) is 9.18 Å². The number of thiazole rings is 1. The van der Waals surface area contributed by atoms with E-state index < -0.39 is 5.82 Å². The van der Waals surface area contributed by atoms with Crippen molar-refractivity contribution in [3.63, 3.8) is 0 Å². The van der Waals surface area contributed by atoms with E-state index >= 15 is 0 Å². The van der Waals surface area contributed by atoms with E-state index in [1.807, 2.05) is 0 Å². The third kappa shape index (κ3) is 3.78. The molecule has 0 aliphatic rings. The number of nitrogens with zero attached hydrogens (tertiary/aromatic N) is 2. The molecule has 0 saturated carbocycles. The lowest BCUT2D eigenvalue weighted by Crippen LogP contribution is -2.27. The van der Waals surface area contributed by atoms with Crippen molar-refractivity contribution in [1.82, 2.24) is 9.88 Å². The van der Waals surface area contributed by atoms with E-state index in [2.05, 4.69) is 4.98 Å². The topological polar surface area (TPSA) is 59.2 Å². The largest absolute Gasteiger partial charge is 0.336 e. The monoisotopic (exact) mass is 327 g/mol. The van der Waals surface area contributed by atoms with Crippen LogP contribution >= 0.6 is 22.9 Å². The molecule has 0 aliphatic carbocycles. The molecule has 0 radical (unpaired) electrons. The van der Waals surface area contributed by atoms with Gasteiger partial charge in [0.1, 0.15) is 11.5 Å². The van der Waals surface area contributed by atoms with E-state index in [4.69, 9.17) is 17.3 Å². The Morgan fingerprint density at radius 1 is 1.52 bits per heavy atom. The Balaban J connectivity index is 2.12. The van der Waals surface area contributed by atoms with Gasteiger partial charge in [-0.3, -0.25) is 4.79 Å². The predicted octanol–water partition coefficient (Wildman–Crippen LogP) is 2.71. The molecule has 112 valence electrons. The number of carbonyl (C=O) groups is 1. The molecule has 0 atom stereocenters. The molecule has 2 rings (SSSR count). The average molecular weight is 328 g/mol. The van der Waals surface area contributed by atoms with Gasteiger partial charge in [0, 0.05) is 29.4 Å². The van der Waals surface area contributed by atoms with Crippen LogP contribution in [0.2, 0.25) is 5.02 Å². The Hall–Kier alpha value is -1.50. The highest BCUT2D eigenvalue weighted by molar-refractivity contribution is 7.09. The summed E-state index contributed by atoms with van der Waals surface area (Å²) in [4.78, 5) is 17.9. The summed E-state index contributed by atoms with van der Waals surface area (Å²) >= 11 is 7.36. The van der Waals surface area contributed by atoms with Gasteiger partial charge in [0.2, 0.25) is 0 Å². The molecule has 0 unspecified atom stereocenters. The number of hydrogen-bond donors (Lipinski definition) is 1. The molecule has 0 bridgehead atoms. The van der Waals surface area contributed by atoms with Crippen LogP contribution in [0, 0.1) is 5.82 Å². The quantitative estimate of drug-likeness (QED) is 0.918. The second kappa shape index (κ2) is 6.98. The highest BCUT2D eigenvalue weighted by Gasteiger charge is 2.18. The van der Waals surface area contributed by atoms with Gasteiger partial charge in [0.15, 0.2) is 0 Å². The van der Waals surface area contributed by atoms with Crippen molar-refractivity contribution in [2.24, 2.45) is 5.73 Å². The number of amides is 1. The van der Waals surface area contributed by atoms with Gasteiger partial charge in [0.25, 0.3) is 5.91 Å². The number of aromatic nitrogens is 1. The summed E-state index contributed by atoms with van der Waals surface area (Å²) in [6, 6.07) is 4.45. The van der Waals surface area contributed by atoms with Gasteiger partial charge in [-0.25, -0.2) is 9.37 Å². The summed E-state index contributed by atoms with van der Waals surface area (Å²) in [6.45, 7) is 0.579. The molecular weight excluding hydrogens is 313 g/mol. The molecule has 21 heavy (non-hydrogen) atoms. The van der Waals surface area contributed by atoms with Gasteiger partial charge < -0.3 is 10.6 Å². The van der Waals surface area contributed by atoms with Crippen molar-refractivity contribution in [2.45, 2.75) is 13.0 Å². The summed E-state index contributed by atoms with van der Waals surface area (Å²) in [5.74, 6) is -0.696. The fourth-order valence-corrected chi connectivity index (χ4v) is 2.85. The first-order chi connectivity index (χ1) is 10.0. The molecule has 2 N–H and O–H groups in total. The average Bonchev–Trinajstić information content (AvgIpc) is 2.91. The number of nitrogens with two attached hydrogens (primary N) is 1. The van der Waals surface area contributed by atoms with Gasteiger partial charge >= 0.3 is 0 Å². The number of hydrogen-bond acceptors (Lipinski definition) is 4. The van der Waals surface area contributed by atoms with Crippen LogP contribution in [-0.2, 0) is 13.0 Å². The molecule has 0 spiro atoms. The lowest BCUT2D eigenvalue weighted by atomic mass is 10.2. The molecule has 4 nitrogen and oxygen atoms in total. The van der Waals surface area contributed by atoms with Crippen LogP contribution in [0.1, 0.15) is 21.1 Å². The first kappa shape index (κ1) is 15.9.